The Hall–Kier alpha value is -2.38. The van der Waals surface area contributed by atoms with Crippen LogP contribution in [-0.2, 0) is 6.18 Å². The molecule has 0 bridgehead atoms. The van der Waals surface area contributed by atoms with E-state index in [9.17, 15) is 13.2 Å². The van der Waals surface area contributed by atoms with E-state index in [0.29, 0.717) is 11.0 Å². The summed E-state index contributed by atoms with van der Waals surface area (Å²) in [6, 6.07) is 17.2. The molecule has 1 heterocycles. The summed E-state index contributed by atoms with van der Waals surface area (Å²) in [7, 11) is 0. The molecule has 0 amide bonds. The molecule has 0 saturated carbocycles. The Labute approximate surface area is 180 Å². The number of fused-ring (bicyclic) bond motifs is 6. The molecule has 0 spiro atoms. The number of imidazole rings is 1. The highest BCUT2D eigenvalue weighted by Gasteiger charge is 2.34. The second kappa shape index (κ2) is 6.57. The number of alkyl halides is 3. The Morgan fingerprint density at radius 2 is 1.38 bits per heavy atom. The molecule has 29 heavy (non-hydrogen) atoms. The molecular weight excluding hydrogens is 509 g/mol. The molecule has 5 rings (SSSR count). The normalized spacial score (nSPS) is 12.3. The average molecular weight is 520 g/mol. The predicted octanol–water partition coefficient (Wildman–Crippen LogP) is 8.08. The Morgan fingerprint density at radius 1 is 0.759 bits per heavy atom. The lowest BCUT2D eigenvalue weighted by Gasteiger charge is -2.10. The number of aromatic nitrogens is 2. The summed E-state index contributed by atoms with van der Waals surface area (Å²) >= 11 is 7.02. The first-order chi connectivity index (χ1) is 13.8. The lowest BCUT2D eigenvalue weighted by atomic mass is 10.0. The molecule has 4 aromatic carbocycles. The lowest BCUT2D eigenvalue weighted by Crippen LogP contribution is -2.07. The number of nitrogens with one attached hydrogen (secondary N) is 1. The summed E-state index contributed by atoms with van der Waals surface area (Å²) in [4.78, 5) is 7.76. The number of aromatic amines is 1. The maximum atomic E-state index is 13.5. The fourth-order valence-electron chi connectivity index (χ4n) is 3.73. The van der Waals surface area contributed by atoms with Crippen molar-refractivity contribution in [3.05, 3.63) is 75.2 Å². The number of hydrogen-bond donors (Lipinski definition) is 1. The van der Waals surface area contributed by atoms with Crippen molar-refractivity contribution < 1.29 is 13.2 Å². The van der Waals surface area contributed by atoms with Gasteiger partial charge in [-0.05, 0) is 41.1 Å². The molecule has 0 atom stereocenters. The highest BCUT2D eigenvalue weighted by Crippen LogP contribution is 2.40. The highest BCUT2D eigenvalue weighted by molar-refractivity contribution is 9.10. The van der Waals surface area contributed by atoms with E-state index in [1.807, 2.05) is 36.4 Å². The number of halogens is 5. The van der Waals surface area contributed by atoms with Crippen molar-refractivity contribution in [2.45, 2.75) is 6.18 Å². The van der Waals surface area contributed by atoms with Gasteiger partial charge >= 0.3 is 6.18 Å². The van der Waals surface area contributed by atoms with Gasteiger partial charge in [0.2, 0.25) is 0 Å². The van der Waals surface area contributed by atoms with Crippen LogP contribution in [0.3, 0.4) is 0 Å². The molecular formula is C22H11Br2F3N2. The van der Waals surface area contributed by atoms with Gasteiger partial charge in [0.25, 0.3) is 0 Å². The van der Waals surface area contributed by atoms with Crippen molar-refractivity contribution in [3.8, 4) is 11.4 Å². The highest BCUT2D eigenvalue weighted by atomic mass is 79.9. The van der Waals surface area contributed by atoms with Crippen molar-refractivity contribution in [1.29, 1.82) is 0 Å². The van der Waals surface area contributed by atoms with E-state index in [4.69, 9.17) is 0 Å². The van der Waals surface area contributed by atoms with Gasteiger partial charge in [-0.25, -0.2) is 4.98 Å². The van der Waals surface area contributed by atoms with Crippen LogP contribution in [0.2, 0.25) is 0 Å². The number of rotatable bonds is 1. The lowest BCUT2D eigenvalue weighted by molar-refractivity contribution is -0.137. The molecule has 7 heteroatoms. The van der Waals surface area contributed by atoms with Gasteiger partial charge in [0, 0.05) is 25.3 Å². The molecule has 1 aromatic heterocycles. The van der Waals surface area contributed by atoms with Gasteiger partial charge in [0.15, 0.2) is 0 Å². The van der Waals surface area contributed by atoms with Crippen molar-refractivity contribution in [2.75, 3.05) is 0 Å². The Kier molecular flexibility index (Phi) is 4.22. The Bertz CT molecular complexity index is 1340. The fourth-order valence-corrected chi connectivity index (χ4v) is 4.45. The van der Waals surface area contributed by atoms with E-state index >= 15 is 0 Å². The first-order valence-electron chi connectivity index (χ1n) is 8.70. The SMILES string of the molecule is FC(F)(F)c1ccccc1-c1nc2c3ccc(Br)cc3c3cc(Br)ccc3c2[nH]1. The summed E-state index contributed by atoms with van der Waals surface area (Å²) < 4.78 is 42.4. The first kappa shape index (κ1) is 18.6. The van der Waals surface area contributed by atoms with E-state index in [1.54, 1.807) is 6.07 Å². The minimum absolute atomic E-state index is 0.0340. The molecule has 0 aliphatic carbocycles. The van der Waals surface area contributed by atoms with Crippen LogP contribution in [0.25, 0.3) is 44.0 Å². The summed E-state index contributed by atoms with van der Waals surface area (Å²) in [5, 5.41) is 3.74. The topological polar surface area (TPSA) is 28.7 Å². The second-order valence-electron chi connectivity index (χ2n) is 6.73. The van der Waals surface area contributed by atoms with E-state index < -0.39 is 11.7 Å². The number of hydrogen-bond acceptors (Lipinski definition) is 1. The minimum atomic E-state index is -4.46. The monoisotopic (exact) mass is 518 g/mol. The Balaban J connectivity index is 1.92. The molecule has 2 nitrogen and oxygen atoms in total. The average Bonchev–Trinajstić information content (AvgIpc) is 3.13. The minimum Gasteiger partial charge on any atom is -0.337 e. The maximum Gasteiger partial charge on any atom is 0.417 e. The van der Waals surface area contributed by atoms with Crippen LogP contribution in [0.4, 0.5) is 13.2 Å². The number of nitrogens with zero attached hydrogens (tertiary/aromatic N) is 1. The molecule has 0 radical (unpaired) electrons. The van der Waals surface area contributed by atoms with Crippen molar-refractivity contribution >= 4 is 64.4 Å². The number of benzene rings is 4. The molecule has 0 fully saturated rings. The summed E-state index contributed by atoms with van der Waals surface area (Å²) in [6.07, 6.45) is -4.46. The molecule has 0 aliphatic rings. The molecule has 0 saturated heterocycles. The largest absolute Gasteiger partial charge is 0.417 e. The van der Waals surface area contributed by atoms with Gasteiger partial charge < -0.3 is 4.98 Å². The van der Waals surface area contributed by atoms with Crippen LogP contribution in [0, 0.1) is 0 Å². The smallest absolute Gasteiger partial charge is 0.337 e. The second-order valence-corrected chi connectivity index (χ2v) is 8.56. The van der Waals surface area contributed by atoms with Crippen molar-refractivity contribution in [3.63, 3.8) is 0 Å². The fraction of sp³-hybridized carbons (Fsp3) is 0.0455. The van der Waals surface area contributed by atoms with Crippen LogP contribution in [0.15, 0.2) is 69.6 Å². The van der Waals surface area contributed by atoms with Gasteiger partial charge in [-0.2, -0.15) is 13.2 Å². The zero-order chi connectivity index (χ0) is 20.3. The molecule has 5 aromatic rings. The van der Waals surface area contributed by atoms with Gasteiger partial charge in [0.05, 0.1) is 16.6 Å². The van der Waals surface area contributed by atoms with E-state index in [-0.39, 0.29) is 11.4 Å². The zero-order valence-corrected chi connectivity index (χ0v) is 17.8. The van der Waals surface area contributed by atoms with Crippen LogP contribution in [-0.4, -0.2) is 9.97 Å². The molecule has 0 aliphatic heterocycles. The van der Waals surface area contributed by atoms with Crippen molar-refractivity contribution in [2.24, 2.45) is 0 Å². The number of H-pyrrole nitrogens is 1. The third kappa shape index (κ3) is 3.04. The third-order valence-corrected chi connectivity index (χ3v) is 5.96. The predicted molar refractivity (Wildman–Crippen MR) is 117 cm³/mol. The van der Waals surface area contributed by atoms with E-state index in [0.717, 1.165) is 36.6 Å². The van der Waals surface area contributed by atoms with Crippen LogP contribution >= 0.6 is 31.9 Å². The Morgan fingerprint density at radius 3 is 2.07 bits per heavy atom. The van der Waals surface area contributed by atoms with Gasteiger partial charge in [0.1, 0.15) is 5.82 Å². The van der Waals surface area contributed by atoms with Crippen LogP contribution < -0.4 is 0 Å². The van der Waals surface area contributed by atoms with Crippen molar-refractivity contribution in [1.82, 2.24) is 9.97 Å². The van der Waals surface area contributed by atoms with Gasteiger partial charge in [-0.3, -0.25) is 0 Å². The van der Waals surface area contributed by atoms with Gasteiger partial charge in [-0.15, -0.1) is 0 Å². The summed E-state index contributed by atoms with van der Waals surface area (Å²) in [5.41, 5.74) is 0.688. The van der Waals surface area contributed by atoms with Crippen LogP contribution in [0.5, 0.6) is 0 Å². The molecule has 1 N–H and O–H groups in total. The summed E-state index contributed by atoms with van der Waals surface area (Å²) in [6.45, 7) is 0. The standard InChI is InChI=1S/C22H11Br2F3N2/c23-11-5-7-13-16(9-11)17-10-12(24)6-8-14(17)20-19(13)28-21(29-20)15-3-1-2-4-18(15)22(25,26)27/h1-10H,(H,28,29). The quantitative estimate of drug-likeness (QED) is 0.223. The van der Waals surface area contributed by atoms with Gasteiger partial charge in [-0.1, -0.05) is 62.2 Å². The first-order valence-corrected chi connectivity index (χ1v) is 10.3. The third-order valence-electron chi connectivity index (χ3n) is 4.97. The van der Waals surface area contributed by atoms with E-state index in [2.05, 4.69) is 41.8 Å². The maximum absolute atomic E-state index is 13.5. The van der Waals surface area contributed by atoms with E-state index in [1.165, 1.54) is 12.1 Å². The summed E-state index contributed by atoms with van der Waals surface area (Å²) in [5.74, 6) is 0.201. The zero-order valence-electron chi connectivity index (χ0n) is 14.6. The molecule has 0 unspecified atom stereocenters. The molecule has 144 valence electrons. The van der Waals surface area contributed by atoms with Crippen LogP contribution in [0.1, 0.15) is 5.56 Å².